The van der Waals surface area contributed by atoms with Crippen LogP contribution in [-0.2, 0) is 11.3 Å². The quantitative estimate of drug-likeness (QED) is 0.690. The van der Waals surface area contributed by atoms with Gasteiger partial charge in [-0.25, -0.2) is 0 Å². The van der Waals surface area contributed by atoms with Crippen molar-refractivity contribution < 1.29 is 18.7 Å². The van der Waals surface area contributed by atoms with Gasteiger partial charge >= 0.3 is 0 Å². The van der Waals surface area contributed by atoms with E-state index in [1.165, 1.54) is 0 Å². The van der Waals surface area contributed by atoms with Gasteiger partial charge in [-0.05, 0) is 56.5 Å². The van der Waals surface area contributed by atoms with E-state index in [1.54, 1.807) is 0 Å². The number of ether oxygens (including phenoxy) is 2. The Kier molecular flexibility index (Phi) is 7.43. The predicted octanol–water partition coefficient (Wildman–Crippen LogP) is 4.47. The van der Waals surface area contributed by atoms with Crippen molar-refractivity contribution in [2.45, 2.75) is 59.7 Å². The zero-order valence-electron chi connectivity index (χ0n) is 18.7. The van der Waals surface area contributed by atoms with Crippen LogP contribution in [0.25, 0.3) is 0 Å². The highest BCUT2D eigenvalue weighted by molar-refractivity contribution is 5.78. The molecule has 1 aromatic carbocycles. The number of rotatable bonds is 8. The summed E-state index contributed by atoms with van der Waals surface area (Å²) in [5.74, 6) is 3.51. The van der Waals surface area contributed by atoms with E-state index in [2.05, 4.69) is 37.9 Å². The highest BCUT2D eigenvalue weighted by atomic mass is 16.5. The largest absolute Gasteiger partial charge is 0.490 e. The smallest absolute Gasteiger partial charge is 0.234 e. The van der Waals surface area contributed by atoms with E-state index in [4.69, 9.17) is 13.9 Å². The summed E-state index contributed by atoms with van der Waals surface area (Å²) >= 11 is 0. The van der Waals surface area contributed by atoms with Gasteiger partial charge in [0, 0.05) is 12.5 Å². The number of aryl methyl sites for hydroxylation is 1. The molecule has 30 heavy (non-hydrogen) atoms. The SMILES string of the molecule is Cc1ccc(CN(CC(=O)NC(c2ccc3c(c2)OCCCO3)C(C)C)C(C)C)o1. The normalized spacial score (nSPS) is 14.8. The van der Waals surface area contributed by atoms with Crippen molar-refractivity contribution in [1.29, 1.82) is 0 Å². The molecule has 1 N–H and O–H groups in total. The number of nitrogens with zero attached hydrogens (tertiary/aromatic N) is 1. The van der Waals surface area contributed by atoms with Crippen LogP contribution in [0.15, 0.2) is 34.7 Å². The van der Waals surface area contributed by atoms with Crippen molar-refractivity contribution in [2.75, 3.05) is 19.8 Å². The number of hydrogen-bond donors (Lipinski definition) is 1. The second-order valence-corrected chi connectivity index (χ2v) is 8.56. The molecule has 0 spiro atoms. The van der Waals surface area contributed by atoms with Crippen LogP contribution in [0.5, 0.6) is 11.5 Å². The van der Waals surface area contributed by atoms with Crippen molar-refractivity contribution in [3.8, 4) is 11.5 Å². The summed E-state index contributed by atoms with van der Waals surface area (Å²) in [4.78, 5) is 15.1. The van der Waals surface area contributed by atoms with Gasteiger partial charge in [0.25, 0.3) is 0 Å². The number of hydrogen-bond acceptors (Lipinski definition) is 5. The van der Waals surface area contributed by atoms with Crippen molar-refractivity contribution in [3.63, 3.8) is 0 Å². The summed E-state index contributed by atoms with van der Waals surface area (Å²) in [5.41, 5.74) is 1.03. The average Bonchev–Trinajstić information content (AvgIpc) is 2.96. The molecule has 0 aliphatic carbocycles. The van der Waals surface area contributed by atoms with Crippen LogP contribution in [0.1, 0.15) is 57.2 Å². The topological polar surface area (TPSA) is 63.9 Å². The molecule has 6 nitrogen and oxygen atoms in total. The van der Waals surface area contributed by atoms with Gasteiger partial charge in [0.05, 0.1) is 32.3 Å². The van der Waals surface area contributed by atoms with Gasteiger partial charge in [0.2, 0.25) is 5.91 Å². The van der Waals surface area contributed by atoms with Crippen molar-refractivity contribution in [3.05, 3.63) is 47.4 Å². The average molecular weight is 415 g/mol. The van der Waals surface area contributed by atoms with Gasteiger partial charge < -0.3 is 19.2 Å². The van der Waals surface area contributed by atoms with Gasteiger partial charge in [-0.15, -0.1) is 0 Å². The van der Waals surface area contributed by atoms with Gasteiger partial charge in [0.15, 0.2) is 11.5 Å². The molecule has 1 atom stereocenters. The van der Waals surface area contributed by atoms with Crippen LogP contribution < -0.4 is 14.8 Å². The molecule has 0 saturated heterocycles. The lowest BCUT2D eigenvalue weighted by molar-refractivity contribution is -0.124. The minimum Gasteiger partial charge on any atom is -0.490 e. The number of fused-ring (bicyclic) bond motifs is 1. The van der Waals surface area contributed by atoms with Gasteiger partial charge in [-0.2, -0.15) is 0 Å². The molecule has 1 aliphatic rings. The van der Waals surface area contributed by atoms with E-state index in [9.17, 15) is 4.79 Å². The van der Waals surface area contributed by atoms with E-state index in [0.29, 0.717) is 26.3 Å². The number of nitrogens with one attached hydrogen (secondary N) is 1. The highest BCUT2D eigenvalue weighted by Crippen LogP contribution is 2.34. The Labute approximate surface area is 179 Å². The van der Waals surface area contributed by atoms with E-state index in [1.807, 2.05) is 37.3 Å². The van der Waals surface area contributed by atoms with Crippen molar-refractivity contribution in [1.82, 2.24) is 10.2 Å². The lowest BCUT2D eigenvalue weighted by Crippen LogP contribution is -2.42. The molecule has 1 amide bonds. The summed E-state index contributed by atoms with van der Waals surface area (Å²) in [5, 5.41) is 3.22. The molecule has 3 rings (SSSR count). The maximum Gasteiger partial charge on any atom is 0.234 e. The third-order valence-electron chi connectivity index (χ3n) is 5.35. The maximum atomic E-state index is 12.9. The fourth-order valence-electron chi connectivity index (χ4n) is 3.60. The number of carbonyl (C=O) groups excluding carboxylic acids is 1. The first kappa shape index (κ1) is 22.2. The lowest BCUT2D eigenvalue weighted by Gasteiger charge is -2.28. The van der Waals surface area contributed by atoms with E-state index >= 15 is 0 Å². The molecule has 0 fully saturated rings. The highest BCUT2D eigenvalue weighted by Gasteiger charge is 2.23. The standard InChI is InChI=1S/C24H34N2O4/c1-16(2)24(19-8-10-21-22(13-19)29-12-6-11-28-21)25-23(27)15-26(17(3)4)14-20-9-7-18(5)30-20/h7-10,13,16-17,24H,6,11-12,14-15H2,1-5H3,(H,25,27). The van der Waals surface area contributed by atoms with Crippen LogP contribution in [0.3, 0.4) is 0 Å². The second-order valence-electron chi connectivity index (χ2n) is 8.56. The van der Waals surface area contributed by atoms with Gasteiger partial charge in [-0.3, -0.25) is 9.69 Å². The van der Waals surface area contributed by atoms with Crippen molar-refractivity contribution >= 4 is 5.91 Å². The molecular weight excluding hydrogens is 380 g/mol. The van der Waals surface area contributed by atoms with Gasteiger partial charge in [0.1, 0.15) is 11.5 Å². The molecule has 2 heterocycles. The minimum absolute atomic E-state index is 0.00205. The van der Waals surface area contributed by atoms with E-state index in [-0.39, 0.29) is 23.9 Å². The molecule has 0 saturated carbocycles. The molecular formula is C24H34N2O4. The first-order chi connectivity index (χ1) is 14.3. The maximum absolute atomic E-state index is 12.9. The summed E-state index contributed by atoms with van der Waals surface area (Å²) < 4.78 is 17.3. The Bertz CT molecular complexity index is 843. The predicted molar refractivity (Wildman–Crippen MR) is 117 cm³/mol. The van der Waals surface area contributed by atoms with Crippen LogP contribution in [0.4, 0.5) is 0 Å². The fourth-order valence-corrected chi connectivity index (χ4v) is 3.60. The third-order valence-corrected chi connectivity index (χ3v) is 5.35. The number of amides is 1. The van der Waals surface area contributed by atoms with Crippen LogP contribution >= 0.6 is 0 Å². The summed E-state index contributed by atoms with van der Waals surface area (Å²) in [6.45, 7) is 12.6. The third kappa shape index (κ3) is 5.79. The zero-order chi connectivity index (χ0) is 21.7. The Morgan fingerprint density at radius 1 is 1.07 bits per heavy atom. The second kappa shape index (κ2) is 10.0. The Morgan fingerprint density at radius 2 is 1.80 bits per heavy atom. The Balaban J connectivity index is 1.69. The minimum atomic E-state index is -0.102. The molecule has 1 unspecified atom stereocenters. The summed E-state index contributed by atoms with van der Waals surface area (Å²) in [6, 6.07) is 9.99. The van der Waals surface area contributed by atoms with Gasteiger partial charge in [-0.1, -0.05) is 19.9 Å². The molecule has 2 aromatic rings. The number of carbonyl (C=O) groups is 1. The van der Waals surface area contributed by atoms with E-state index in [0.717, 1.165) is 35.0 Å². The summed E-state index contributed by atoms with van der Waals surface area (Å²) in [6.07, 6.45) is 0.870. The zero-order valence-corrected chi connectivity index (χ0v) is 18.7. The van der Waals surface area contributed by atoms with Crippen LogP contribution in [0, 0.1) is 12.8 Å². The Hall–Kier alpha value is -2.47. The fraction of sp³-hybridized carbons (Fsp3) is 0.542. The molecule has 6 heteroatoms. The summed E-state index contributed by atoms with van der Waals surface area (Å²) in [7, 11) is 0. The monoisotopic (exact) mass is 414 g/mol. The molecule has 164 valence electrons. The van der Waals surface area contributed by atoms with Crippen LogP contribution in [-0.4, -0.2) is 36.6 Å². The molecule has 1 aliphatic heterocycles. The first-order valence-corrected chi connectivity index (χ1v) is 10.8. The van der Waals surface area contributed by atoms with Crippen LogP contribution in [0.2, 0.25) is 0 Å². The molecule has 0 radical (unpaired) electrons. The lowest BCUT2D eigenvalue weighted by atomic mass is 9.95. The Morgan fingerprint density at radius 3 is 2.43 bits per heavy atom. The molecule has 0 bridgehead atoms. The first-order valence-electron chi connectivity index (χ1n) is 10.8. The number of benzene rings is 1. The molecule has 1 aromatic heterocycles. The number of furan rings is 1. The van der Waals surface area contributed by atoms with E-state index < -0.39 is 0 Å². The van der Waals surface area contributed by atoms with Crippen molar-refractivity contribution in [2.24, 2.45) is 5.92 Å².